The van der Waals surface area contributed by atoms with Crippen LogP contribution >= 0.6 is 0 Å². The number of rotatable bonds is 8. The lowest BCUT2D eigenvalue weighted by atomic mass is 9.95. The van der Waals surface area contributed by atoms with E-state index in [1.54, 1.807) is 25.1 Å². The average Bonchev–Trinajstić information content (AvgIpc) is 2.79. The standard InChI is InChI=1S/C26H33FN2O3/c1-18-13-14-19(2)24(15-18)32-17-25(30)29(16-21-9-7-8-12-23(21)27)20(3)26(31)28-22-10-5-4-6-11-22/h7-9,12-15,20,22H,4-6,10-11,16-17H2,1-3H3,(H,28,31). The van der Waals surface area contributed by atoms with E-state index in [1.807, 2.05) is 32.0 Å². The largest absolute Gasteiger partial charge is 0.483 e. The van der Waals surface area contributed by atoms with Gasteiger partial charge in [0.1, 0.15) is 17.6 Å². The highest BCUT2D eigenvalue weighted by Crippen LogP contribution is 2.21. The van der Waals surface area contributed by atoms with Crippen LogP contribution in [0.1, 0.15) is 55.7 Å². The molecular formula is C26H33FN2O3. The quantitative estimate of drug-likeness (QED) is 0.648. The molecule has 32 heavy (non-hydrogen) atoms. The summed E-state index contributed by atoms with van der Waals surface area (Å²) in [7, 11) is 0. The zero-order valence-electron chi connectivity index (χ0n) is 19.2. The Balaban J connectivity index is 1.74. The van der Waals surface area contributed by atoms with Crippen molar-refractivity contribution in [2.24, 2.45) is 0 Å². The van der Waals surface area contributed by atoms with Gasteiger partial charge in [-0.25, -0.2) is 4.39 Å². The molecule has 1 N–H and O–H groups in total. The predicted molar refractivity (Wildman–Crippen MR) is 123 cm³/mol. The van der Waals surface area contributed by atoms with Gasteiger partial charge in [0.05, 0.1) is 0 Å². The summed E-state index contributed by atoms with van der Waals surface area (Å²) in [5, 5.41) is 3.08. The van der Waals surface area contributed by atoms with Gasteiger partial charge in [-0.1, -0.05) is 49.6 Å². The number of carbonyl (C=O) groups is 2. The molecule has 1 fully saturated rings. The maximum atomic E-state index is 14.3. The van der Waals surface area contributed by atoms with Crippen LogP contribution < -0.4 is 10.1 Å². The number of amides is 2. The molecule has 172 valence electrons. The third-order valence-electron chi connectivity index (χ3n) is 6.11. The van der Waals surface area contributed by atoms with Crippen molar-refractivity contribution < 1.29 is 18.7 Å². The number of benzene rings is 2. The van der Waals surface area contributed by atoms with Crippen LogP contribution in [0.4, 0.5) is 4.39 Å². The molecule has 3 rings (SSSR count). The highest BCUT2D eigenvalue weighted by molar-refractivity contribution is 5.88. The van der Waals surface area contributed by atoms with Crippen molar-refractivity contribution in [3.8, 4) is 5.75 Å². The number of ether oxygens (including phenoxy) is 1. The van der Waals surface area contributed by atoms with Crippen LogP contribution in [0.25, 0.3) is 0 Å². The predicted octanol–water partition coefficient (Wildman–Crippen LogP) is 4.69. The monoisotopic (exact) mass is 440 g/mol. The lowest BCUT2D eigenvalue weighted by Gasteiger charge is -2.31. The molecule has 1 saturated carbocycles. The van der Waals surface area contributed by atoms with E-state index in [-0.39, 0.29) is 31.0 Å². The number of halogens is 1. The summed E-state index contributed by atoms with van der Waals surface area (Å²) in [5.41, 5.74) is 2.32. The van der Waals surface area contributed by atoms with E-state index in [0.29, 0.717) is 11.3 Å². The van der Waals surface area contributed by atoms with E-state index < -0.39 is 11.9 Å². The Bertz CT molecular complexity index is 940. The summed E-state index contributed by atoms with van der Waals surface area (Å²) in [6.45, 7) is 5.34. The molecule has 2 aromatic rings. The van der Waals surface area contributed by atoms with Gasteiger partial charge in [0, 0.05) is 18.2 Å². The third kappa shape index (κ3) is 6.31. The number of nitrogens with zero attached hydrogens (tertiary/aromatic N) is 1. The first-order valence-corrected chi connectivity index (χ1v) is 11.4. The van der Waals surface area contributed by atoms with Crippen LogP contribution in [0.5, 0.6) is 5.75 Å². The Labute approximate surface area is 190 Å². The highest BCUT2D eigenvalue weighted by Gasteiger charge is 2.29. The number of hydrogen-bond donors (Lipinski definition) is 1. The van der Waals surface area contributed by atoms with Crippen LogP contribution in [-0.4, -0.2) is 35.4 Å². The van der Waals surface area contributed by atoms with E-state index in [4.69, 9.17) is 4.74 Å². The van der Waals surface area contributed by atoms with Gasteiger partial charge in [-0.05, 0) is 56.9 Å². The van der Waals surface area contributed by atoms with Gasteiger partial charge in [0.25, 0.3) is 5.91 Å². The molecule has 0 heterocycles. The van der Waals surface area contributed by atoms with Crippen LogP contribution in [0.15, 0.2) is 42.5 Å². The summed E-state index contributed by atoms with van der Waals surface area (Å²) in [4.78, 5) is 27.5. The summed E-state index contributed by atoms with van der Waals surface area (Å²) < 4.78 is 20.1. The second-order valence-corrected chi connectivity index (χ2v) is 8.69. The first kappa shape index (κ1) is 23.8. The molecule has 0 saturated heterocycles. The Morgan fingerprint density at radius 3 is 2.56 bits per heavy atom. The zero-order valence-corrected chi connectivity index (χ0v) is 19.2. The van der Waals surface area contributed by atoms with E-state index in [9.17, 15) is 14.0 Å². The van der Waals surface area contributed by atoms with Gasteiger partial charge in [0.2, 0.25) is 5.91 Å². The lowest BCUT2D eigenvalue weighted by Crippen LogP contribution is -2.51. The Kier molecular flexibility index (Phi) is 8.26. The minimum absolute atomic E-state index is 0.000912. The lowest BCUT2D eigenvalue weighted by molar-refractivity contribution is -0.142. The Hall–Kier alpha value is -2.89. The fourth-order valence-corrected chi connectivity index (χ4v) is 4.05. The summed E-state index contributed by atoms with van der Waals surface area (Å²) in [6.07, 6.45) is 5.29. The van der Waals surface area contributed by atoms with Crippen molar-refractivity contribution in [3.05, 3.63) is 65.0 Å². The van der Waals surface area contributed by atoms with E-state index in [2.05, 4.69) is 5.32 Å². The van der Waals surface area contributed by atoms with E-state index in [0.717, 1.165) is 36.8 Å². The molecule has 0 bridgehead atoms. The minimum atomic E-state index is -0.744. The van der Waals surface area contributed by atoms with Gasteiger partial charge in [-0.2, -0.15) is 0 Å². The molecule has 6 heteroatoms. The highest BCUT2D eigenvalue weighted by atomic mass is 19.1. The summed E-state index contributed by atoms with van der Waals surface area (Å²) in [5.74, 6) is -0.349. The van der Waals surface area contributed by atoms with Crippen LogP contribution in [0, 0.1) is 19.7 Å². The first-order chi connectivity index (χ1) is 15.3. The van der Waals surface area contributed by atoms with Gasteiger partial charge in [-0.15, -0.1) is 0 Å². The fraction of sp³-hybridized carbons (Fsp3) is 0.462. The molecule has 1 aliphatic rings. The Morgan fingerprint density at radius 1 is 1.12 bits per heavy atom. The van der Waals surface area contributed by atoms with Crippen molar-refractivity contribution in [1.82, 2.24) is 10.2 Å². The fourth-order valence-electron chi connectivity index (χ4n) is 4.05. The molecule has 1 aliphatic carbocycles. The third-order valence-corrected chi connectivity index (χ3v) is 6.11. The van der Waals surface area contributed by atoms with Gasteiger partial charge < -0.3 is 15.0 Å². The molecule has 0 spiro atoms. The average molecular weight is 441 g/mol. The summed E-state index contributed by atoms with van der Waals surface area (Å²) >= 11 is 0. The second kappa shape index (κ2) is 11.1. The molecule has 5 nitrogen and oxygen atoms in total. The maximum Gasteiger partial charge on any atom is 0.261 e. The maximum absolute atomic E-state index is 14.3. The molecule has 0 aliphatic heterocycles. The van der Waals surface area contributed by atoms with Crippen LogP contribution in [0.3, 0.4) is 0 Å². The van der Waals surface area contributed by atoms with Crippen molar-refractivity contribution in [2.75, 3.05) is 6.61 Å². The SMILES string of the molecule is Cc1ccc(C)c(OCC(=O)N(Cc2ccccc2F)C(C)C(=O)NC2CCCCC2)c1. The Morgan fingerprint density at radius 2 is 1.84 bits per heavy atom. The molecular weight excluding hydrogens is 407 g/mol. The number of nitrogens with one attached hydrogen (secondary N) is 1. The minimum Gasteiger partial charge on any atom is -0.483 e. The van der Waals surface area contributed by atoms with E-state index >= 15 is 0 Å². The molecule has 0 radical (unpaired) electrons. The van der Waals surface area contributed by atoms with E-state index in [1.165, 1.54) is 17.4 Å². The smallest absolute Gasteiger partial charge is 0.261 e. The second-order valence-electron chi connectivity index (χ2n) is 8.69. The normalized spacial score (nSPS) is 15.1. The van der Waals surface area contributed by atoms with Gasteiger partial charge in [-0.3, -0.25) is 9.59 Å². The number of hydrogen-bond acceptors (Lipinski definition) is 3. The molecule has 0 aromatic heterocycles. The topological polar surface area (TPSA) is 58.6 Å². The van der Waals surface area contributed by atoms with Crippen molar-refractivity contribution in [2.45, 2.75) is 71.5 Å². The van der Waals surface area contributed by atoms with Crippen LogP contribution in [-0.2, 0) is 16.1 Å². The van der Waals surface area contributed by atoms with Gasteiger partial charge >= 0.3 is 0 Å². The number of aryl methyl sites for hydroxylation is 2. The van der Waals surface area contributed by atoms with Crippen molar-refractivity contribution in [1.29, 1.82) is 0 Å². The first-order valence-electron chi connectivity index (χ1n) is 11.4. The van der Waals surface area contributed by atoms with Crippen molar-refractivity contribution in [3.63, 3.8) is 0 Å². The molecule has 2 amide bonds. The molecule has 1 atom stereocenters. The number of carbonyl (C=O) groups excluding carboxylic acids is 2. The zero-order chi connectivity index (χ0) is 23.1. The summed E-state index contributed by atoms with van der Waals surface area (Å²) in [6, 6.07) is 11.5. The van der Waals surface area contributed by atoms with Crippen LogP contribution in [0.2, 0.25) is 0 Å². The molecule has 2 aromatic carbocycles. The van der Waals surface area contributed by atoms with Gasteiger partial charge in [0.15, 0.2) is 6.61 Å². The molecule has 1 unspecified atom stereocenters. The van der Waals surface area contributed by atoms with Crippen molar-refractivity contribution >= 4 is 11.8 Å².